The molecule has 1 aromatic rings. The summed E-state index contributed by atoms with van der Waals surface area (Å²) >= 11 is 0. The van der Waals surface area contributed by atoms with Crippen LogP contribution in [-0.2, 0) is 14.9 Å². The van der Waals surface area contributed by atoms with Gasteiger partial charge in [-0.15, -0.1) is 0 Å². The lowest BCUT2D eigenvalue weighted by Gasteiger charge is -2.33. The molecule has 1 atom stereocenters. The molecule has 0 aliphatic heterocycles. The summed E-state index contributed by atoms with van der Waals surface area (Å²) in [6.45, 7) is 6.65. The smallest absolute Gasteiger partial charge is 0.319 e. The molecule has 0 saturated heterocycles. The molecule has 3 nitrogen and oxygen atoms in total. The molecule has 0 aromatic heterocycles. The van der Waals surface area contributed by atoms with Crippen molar-refractivity contribution in [3.05, 3.63) is 35.9 Å². The number of hydrogen-bond donors (Lipinski definition) is 1. The summed E-state index contributed by atoms with van der Waals surface area (Å²) in [6, 6.07) is 10.5. The normalized spacial score (nSPS) is 13.2. The summed E-state index contributed by atoms with van der Waals surface area (Å²) in [7, 11) is 1.40. The molecule has 1 rings (SSSR count). The Morgan fingerprint density at radius 1 is 1.35 bits per heavy atom. The van der Waals surface area contributed by atoms with Crippen molar-refractivity contribution in [1.82, 2.24) is 5.32 Å². The van der Waals surface area contributed by atoms with E-state index in [9.17, 15) is 4.79 Å². The second-order valence-electron chi connectivity index (χ2n) is 4.77. The minimum Gasteiger partial charge on any atom is -0.468 e. The van der Waals surface area contributed by atoms with E-state index < -0.39 is 0 Å². The van der Waals surface area contributed by atoms with E-state index in [1.165, 1.54) is 12.7 Å². The SMILES string of the molecule is COC(=O)CN[C@H](C)C(C)(C)c1ccccc1. The maximum atomic E-state index is 11.1. The zero-order chi connectivity index (χ0) is 12.9. The highest BCUT2D eigenvalue weighted by atomic mass is 16.5. The van der Waals surface area contributed by atoms with Gasteiger partial charge in [0.15, 0.2) is 0 Å². The Kier molecular flexibility index (Phi) is 4.70. The van der Waals surface area contributed by atoms with E-state index in [-0.39, 0.29) is 24.0 Å². The second kappa shape index (κ2) is 5.82. The molecule has 0 aliphatic rings. The molecule has 3 heteroatoms. The monoisotopic (exact) mass is 235 g/mol. The fraction of sp³-hybridized carbons (Fsp3) is 0.500. The van der Waals surface area contributed by atoms with Crippen molar-refractivity contribution >= 4 is 5.97 Å². The number of ether oxygens (including phenoxy) is 1. The molecule has 0 saturated carbocycles. The van der Waals surface area contributed by atoms with Crippen LogP contribution in [-0.4, -0.2) is 25.7 Å². The topological polar surface area (TPSA) is 38.3 Å². The molecule has 0 unspecified atom stereocenters. The van der Waals surface area contributed by atoms with Gasteiger partial charge in [0.05, 0.1) is 13.7 Å². The first-order valence-electron chi connectivity index (χ1n) is 5.84. The minimum atomic E-state index is -0.235. The minimum absolute atomic E-state index is 0.0325. The van der Waals surface area contributed by atoms with Gasteiger partial charge in [0.25, 0.3) is 0 Å². The summed E-state index contributed by atoms with van der Waals surface area (Å²) in [5.41, 5.74) is 1.22. The molecular formula is C14H21NO2. The molecule has 1 aromatic carbocycles. The highest BCUT2D eigenvalue weighted by Gasteiger charge is 2.27. The number of hydrogen-bond acceptors (Lipinski definition) is 3. The van der Waals surface area contributed by atoms with Gasteiger partial charge >= 0.3 is 5.97 Å². The van der Waals surface area contributed by atoms with Gasteiger partial charge in [0.2, 0.25) is 0 Å². The van der Waals surface area contributed by atoms with Crippen molar-refractivity contribution < 1.29 is 9.53 Å². The maximum absolute atomic E-state index is 11.1. The highest BCUT2D eigenvalue weighted by Crippen LogP contribution is 2.26. The molecule has 0 aliphatic carbocycles. The first-order valence-corrected chi connectivity index (χ1v) is 5.84. The predicted octanol–water partition coefficient (Wildman–Crippen LogP) is 2.12. The van der Waals surface area contributed by atoms with Crippen LogP contribution in [0.25, 0.3) is 0 Å². The van der Waals surface area contributed by atoms with Gasteiger partial charge in [-0.1, -0.05) is 44.2 Å². The molecule has 1 N–H and O–H groups in total. The van der Waals surface area contributed by atoms with Gasteiger partial charge < -0.3 is 10.1 Å². The Bertz CT molecular complexity index is 360. The highest BCUT2D eigenvalue weighted by molar-refractivity contribution is 5.71. The Balaban J connectivity index is 2.67. The molecule has 0 amide bonds. The standard InChI is InChI=1S/C14H21NO2/c1-11(15-10-13(16)17-4)14(2,3)12-8-6-5-7-9-12/h5-9,11,15H,10H2,1-4H3/t11-/m1/s1. The van der Waals surface area contributed by atoms with Crippen LogP contribution in [0.1, 0.15) is 26.3 Å². The fourth-order valence-electron chi connectivity index (χ4n) is 1.68. The lowest BCUT2D eigenvalue weighted by molar-refractivity contribution is -0.139. The second-order valence-corrected chi connectivity index (χ2v) is 4.77. The van der Waals surface area contributed by atoms with Gasteiger partial charge in [0.1, 0.15) is 0 Å². The van der Waals surface area contributed by atoms with Crippen LogP contribution >= 0.6 is 0 Å². The first kappa shape index (κ1) is 13.7. The van der Waals surface area contributed by atoms with Crippen molar-refractivity contribution in [1.29, 1.82) is 0 Å². The molecule has 0 heterocycles. The quantitative estimate of drug-likeness (QED) is 0.794. The number of esters is 1. The van der Waals surface area contributed by atoms with Crippen LogP contribution in [0.5, 0.6) is 0 Å². The molecule has 94 valence electrons. The average Bonchev–Trinajstić information content (AvgIpc) is 2.36. The molecule has 0 fully saturated rings. The largest absolute Gasteiger partial charge is 0.468 e. The van der Waals surface area contributed by atoms with Gasteiger partial charge in [-0.05, 0) is 12.5 Å². The third-order valence-corrected chi connectivity index (χ3v) is 3.38. The lowest BCUT2D eigenvalue weighted by atomic mass is 9.78. The fourth-order valence-corrected chi connectivity index (χ4v) is 1.68. The molecule has 17 heavy (non-hydrogen) atoms. The van der Waals surface area contributed by atoms with E-state index in [0.717, 1.165) is 0 Å². The van der Waals surface area contributed by atoms with Crippen molar-refractivity contribution in [2.45, 2.75) is 32.2 Å². The lowest BCUT2D eigenvalue weighted by Crippen LogP contribution is -2.44. The summed E-state index contributed by atoms with van der Waals surface area (Å²) < 4.78 is 4.62. The maximum Gasteiger partial charge on any atom is 0.319 e. The van der Waals surface area contributed by atoms with Crippen molar-refractivity contribution in [3.8, 4) is 0 Å². The Hall–Kier alpha value is -1.35. The zero-order valence-electron chi connectivity index (χ0n) is 11.0. The number of methoxy groups -OCH3 is 1. The van der Waals surface area contributed by atoms with Crippen molar-refractivity contribution in [2.75, 3.05) is 13.7 Å². The van der Waals surface area contributed by atoms with Crippen LogP contribution in [0.2, 0.25) is 0 Å². The molecule has 0 bridgehead atoms. The number of carbonyl (C=O) groups excluding carboxylic acids is 1. The van der Waals surface area contributed by atoms with Crippen LogP contribution in [0.4, 0.5) is 0 Å². The van der Waals surface area contributed by atoms with E-state index in [4.69, 9.17) is 0 Å². The van der Waals surface area contributed by atoms with E-state index in [2.05, 4.69) is 43.0 Å². The van der Waals surface area contributed by atoms with E-state index >= 15 is 0 Å². The summed E-state index contributed by atoms with van der Waals surface area (Å²) in [5, 5.41) is 3.20. The van der Waals surface area contributed by atoms with E-state index in [0.29, 0.717) is 0 Å². The van der Waals surface area contributed by atoms with Crippen LogP contribution in [0, 0.1) is 0 Å². The Morgan fingerprint density at radius 2 is 1.94 bits per heavy atom. The number of rotatable bonds is 5. The van der Waals surface area contributed by atoms with Crippen molar-refractivity contribution in [2.24, 2.45) is 0 Å². The first-order chi connectivity index (χ1) is 7.98. The number of benzene rings is 1. The predicted molar refractivity (Wildman–Crippen MR) is 68.9 cm³/mol. The van der Waals surface area contributed by atoms with Crippen LogP contribution in [0.15, 0.2) is 30.3 Å². The Morgan fingerprint density at radius 3 is 2.47 bits per heavy atom. The van der Waals surface area contributed by atoms with Gasteiger partial charge in [0, 0.05) is 11.5 Å². The van der Waals surface area contributed by atoms with Gasteiger partial charge in [-0.25, -0.2) is 0 Å². The van der Waals surface area contributed by atoms with Crippen molar-refractivity contribution in [3.63, 3.8) is 0 Å². The molecule has 0 spiro atoms. The van der Waals surface area contributed by atoms with Crippen LogP contribution in [0.3, 0.4) is 0 Å². The average molecular weight is 235 g/mol. The molecular weight excluding hydrogens is 214 g/mol. The summed E-state index contributed by atoms with van der Waals surface area (Å²) in [4.78, 5) is 11.1. The number of nitrogens with one attached hydrogen (secondary N) is 1. The van der Waals surface area contributed by atoms with Gasteiger partial charge in [-0.3, -0.25) is 4.79 Å². The van der Waals surface area contributed by atoms with E-state index in [1.54, 1.807) is 0 Å². The molecule has 0 radical (unpaired) electrons. The number of carbonyl (C=O) groups is 1. The van der Waals surface area contributed by atoms with E-state index in [1.807, 2.05) is 18.2 Å². The summed E-state index contributed by atoms with van der Waals surface area (Å²) in [5.74, 6) is -0.235. The zero-order valence-corrected chi connectivity index (χ0v) is 11.0. The third-order valence-electron chi connectivity index (χ3n) is 3.38. The third kappa shape index (κ3) is 3.56. The Labute approximate surface area is 103 Å². The van der Waals surface area contributed by atoms with Gasteiger partial charge in [-0.2, -0.15) is 0 Å². The summed E-state index contributed by atoms with van der Waals surface area (Å²) in [6.07, 6.45) is 0. The van der Waals surface area contributed by atoms with Crippen LogP contribution < -0.4 is 5.32 Å².